The lowest BCUT2D eigenvalue weighted by Crippen LogP contribution is -2.68. The number of likely N-dealkylation sites (tertiary alicyclic amines) is 1. The van der Waals surface area contributed by atoms with Crippen molar-refractivity contribution >= 4 is 56.2 Å². The lowest BCUT2D eigenvalue weighted by atomic mass is 10.1. The van der Waals surface area contributed by atoms with Crippen LogP contribution in [0.1, 0.15) is 32.9 Å². The molecule has 1 saturated heterocycles. The number of aliphatic hydroxyl groups is 1. The normalized spacial score (nSPS) is 15.8. The number of urea groups is 1. The van der Waals surface area contributed by atoms with E-state index in [1.807, 2.05) is 0 Å². The van der Waals surface area contributed by atoms with Crippen LogP contribution in [0.5, 0.6) is 5.75 Å². The van der Waals surface area contributed by atoms with Gasteiger partial charge in [0.2, 0.25) is 11.0 Å². The van der Waals surface area contributed by atoms with E-state index < -0.39 is 93.3 Å². The zero-order valence-electron chi connectivity index (χ0n) is 25.1. The number of thiazole rings is 1. The van der Waals surface area contributed by atoms with Crippen molar-refractivity contribution < 1.29 is 47.8 Å². The van der Waals surface area contributed by atoms with Crippen molar-refractivity contribution in [2.45, 2.75) is 51.5 Å². The minimum Gasteiger partial charge on any atom is -0.503 e. The summed E-state index contributed by atoms with van der Waals surface area (Å²) < 4.78 is 28.3. The molecule has 258 valence electrons. The first-order chi connectivity index (χ1) is 22.4. The quantitative estimate of drug-likeness (QED) is 0.0572. The zero-order valence-corrected chi connectivity index (χ0v) is 26.7. The molecule has 22 nitrogen and oxygen atoms in total. The Morgan fingerprint density at radius 2 is 1.98 bits per heavy atom. The second kappa shape index (κ2) is 13.2. The highest BCUT2D eigenvalue weighted by Crippen LogP contribution is 2.18. The average molecular weight is 713 g/mol. The highest BCUT2D eigenvalue weighted by Gasteiger charge is 2.44. The topological polar surface area (TPSA) is 324 Å². The first-order valence-electron chi connectivity index (χ1n) is 13.6. The van der Waals surface area contributed by atoms with Gasteiger partial charge in [0.1, 0.15) is 11.7 Å². The summed E-state index contributed by atoms with van der Waals surface area (Å²) >= 11 is 0.924. The van der Waals surface area contributed by atoms with Crippen LogP contribution in [0, 0.1) is 0 Å². The molecular weight excluding hydrogens is 684 g/mol. The third-order valence-corrected chi connectivity index (χ3v) is 8.42. The first kappa shape index (κ1) is 35.2. The number of hydrogen-bond acceptors (Lipinski definition) is 16. The number of aliphatic carboxylic acids is 1. The van der Waals surface area contributed by atoms with Gasteiger partial charge in [-0.25, -0.2) is 24.1 Å². The number of rotatable bonds is 12. The van der Waals surface area contributed by atoms with E-state index in [-0.39, 0.29) is 27.0 Å². The van der Waals surface area contributed by atoms with Gasteiger partial charge in [-0.05, 0) is 20.3 Å². The molecule has 0 bridgehead atoms. The van der Waals surface area contributed by atoms with E-state index >= 15 is 0 Å². The van der Waals surface area contributed by atoms with Crippen molar-refractivity contribution in [1.82, 2.24) is 38.7 Å². The fourth-order valence-electron chi connectivity index (χ4n) is 3.78. The molecule has 1 aliphatic heterocycles. The number of β-lactam (4-membered cyclic amide) rings is 1. The molecule has 0 aromatic carbocycles. The number of H-pyrrole nitrogens is 1. The number of oxime groups is 1. The number of anilines is 1. The number of aromatic amines is 1. The maximum Gasteiger partial charge on any atom is 0.362 e. The van der Waals surface area contributed by atoms with Gasteiger partial charge < -0.3 is 36.2 Å². The average Bonchev–Trinajstić information content (AvgIpc) is 3.58. The number of imide groups is 1. The summed E-state index contributed by atoms with van der Waals surface area (Å²) in [5, 5.41) is 39.8. The van der Waals surface area contributed by atoms with Crippen molar-refractivity contribution in [2.24, 2.45) is 5.16 Å². The molecule has 48 heavy (non-hydrogen) atoms. The molecule has 1 aliphatic rings. The van der Waals surface area contributed by atoms with Crippen LogP contribution in [0.4, 0.5) is 9.93 Å². The molecule has 4 rings (SSSR count). The Morgan fingerprint density at radius 1 is 1.29 bits per heavy atom. The molecule has 0 saturated carbocycles. The van der Waals surface area contributed by atoms with Gasteiger partial charge in [-0.1, -0.05) is 16.2 Å². The van der Waals surface area contributed by atoms with E-state index in [1.54, 1.807) is 6.92 Å². The van der Waals surface area contributed by atoms with Crippen molar-refractivity contribution in [3.8, 4) is 17.3 Å². The van der Waals surface area contributed by atoms with E-state index in [1.165, 1.54) is 10.1 Å². The second-order valence-electron chi connectivity index (χ2n) is 10.5. The highest BCUT2D eigenvalue weighted by atomic mass is 32.2. The molecule has 0 aliphatic carbocycles. The number of aliphatic hydroxyl groups excluding tert-OH is 1. The number of nitrogens with two attached hydrogens (primary N) is 1. The predicted molar refractivity (Wildman–Crippen MR) is 163 cm³/mol. The number of nitrogens with zero attached hydrogens (tertiary/aromatic N) is 6. The number of pyridine rings is 1. The molecule has 4 amide bonds. The number of nitrogens with one attached hydrogen (secondary N) is 3. The van der Waals surface area contributed by atoms with Crippen molar-refractivity contribution in [3.63, 3.8) is 0 Å². The number of hydrogen-bond donors (Lipinski definition) is 7. The van der Waals surface area contributed by atoms with E-state index in [2.05, 4.69) is 25.5 Å². The second-order valence-corrected chi connectivity index (χ2v) is 12.9. The van der Waals surface area contributed by atoms with Crippen LogP contribution in [0.3, 0.4) is 0 Å². The van der Waals surface area contributed by atoms with Crippen LogP contribution < -0.4 is 26.9 Å². The summed E-state index contributed by atoms with van der Waals surface area (Å²) in [6.45, 7) is 2.87. The van der Waals surface area contributed by atoms with E-state index in [9.17, 15) is 52.5 Å². The summed E-state index contributed by atoms with van der Waals surface area (Å²) in [6.07, 6.45) is -0.145. The number of aromatic hydroxyl groups is 1. The molecule has 8 N–H and O–H groups in total. The smallest absolute Gasteiger partial charge is 0.362 e. The number of amides is 4. The van der Waals surface area contributed by atoms with Gasteiger partial charge in [0.15, 0.2) is 22.4 Å². The number of carboxylic acid groups (broad SMARTS) is 1. The van der Waals surface area contributed by atoms with Gasteiger partial charge in [-0.15, -0.1) is 16.4 Å². The molecule has 4 heterocycles. The Kier molecular flexibility index (Phi) is 9.72. The fourth-order valence-corrected chi connectivity index (χ4v) is 5.24. The number of nitrogen functional groups attached to an aromatic ring is 1. The van der Waals surface area contributed by atoms with Gasteiger partial charge >= 0.3 is 27.9 Å². The van der Waals surface area contributed by atoms with Gasteiger partial charge in [0, 0.05) is 17.6 Å². The Morgan fingerprint density at radius 3 is 2.54 bits per heavy atom. The maximum atomic E-state index is 13.1. The van der Waals surface area contributed by atoms with Gasteiger partial charge in [0.05, 0.1) is 24.9 Å². The minimum atomic E-state index is -5.16. The van der Waals surface area contributed by atoms with Crippen LogP contribution in [0.25, 0.3) is 11.5 Å². The monoisotopic (exact) mass is 712 g/mol. The Hall–Kier alpha value is -5.62. The highest BCUT2D eigenvalue weighted by molar-refractivity contribution is 7.88. The molecule has 3 aromatic heterocycles. The van der Waals surface area contributed by atoms with Gasteiger partial charge in [-0.2, -0.15) is 8.42 Å². The Bertz CT molecular complexity index is 2050. The summed E-state index contributed by atoms with van der Waals surface area (Å²) in [7, 11) is -5.16. The molecular formula is C24H28N10O12S2. The molecule has 3 aromatic rings. The third-order valence-electron chi connectivity index (χ3n) is 6.62. The van der Waals surface area contributed by atoms with Gasteiger partial charge in [-0.3, -0.25) is 23.9 Å². The summed E-state index contributed by atoms with van der Waals surface area (Å²) in [5.41, 5.74) is 0.616. The largest absolute Gasteiger partial charge is 0.503 e. The number of carbonyl (C=O) groups is 4. The molecule has 1 fully saturated rings. The lowest BCUT2D eigenvalue weighted by Gasteiger charge is -2.36. The number of carbonyl (C=O) groups excluding carboxylic acids is 3. The number of carboxylic acids is 1. The standard InChI is InChI=1S/C24H28N10O12S2/c1-4-10(35)7-32-17(11-5-14(36)15(37)6-26-11)29-34(23(32)43)48(44,45)31-22(42)33-8-12(19(33)39)27-18(38)16(13-9-47-21(25)28-13)30-46-24(2,3)20(40)41/h5-6,9-10,12,35,37H,4,7-8H2,1-3H3,(H2,25,28)(H,26,36)(H,27,38)(H,31,42)(H,40,41)/b30-16-/t10-,12-/m0/s1. The molecule has 0 spiro atoms. The van der Waals surface area contributed by atoms with Crippen LogP contribution in [-0.2, 0) is 36.0 Å². The fraction of sp³-hybridized carbons (Fsp3) is 0.375. The summed E-state index contributed by atoms with van der Waals surface area (Å²) in [4.78, 5) is 86.7. The predicted octanol–water partition coefficient (Wildman–Crippen LogP) is -2.67. The molecule has 0 unspecified atom stereocenters. The van der Waals surface area contributed by atoms with Crippen molar-refractivity contribution in [1.29, 1.82) is 0 Å². The van der Waals surface area contributed by atoms with E-state index in [4.69, 9.17) is 10.6 Å². The molecule has 0 radical (unpaired) electrons. The minimum absolute atomic E-state index is 0.0284. The van der Waals surface area contributed by atoms with Gasteiger partial charge in [0.25, 0.3) is 11.8 Å². The first-order valence-corrected chi connectivity index (χ1v) is 15.9. The molecule has 24 heteroatoms. The Labute approximate surface area is 272 Å². The van der Waals surface area contributed by atoms with Crippen LogP contribution in [0.15, 0.2) is 32.4 Å². The van der Waals surface area contributed by atoms with Crippen LogP contribution in [-0.4, -0.2) is 106 Å². The van der Waals surface area contributed by atoms with Crippen LogP contribution >= 0.6 is 11.3 Å². The zero-order chi connectivity index (χ0) is 35.7. The summed E-state index contributed by atoms with van der Waals surface area (Å²) in [5.74, 6) is -4.68. The van der Waals surface area contributed by atoms with Crippen LogP contribution in [0.2, 0.25) is 0 Å². The van der Waals surface area contributed by atoms with Crippen molar-refractivity contribution in [3.05, 3.63) is 44.0 Å². The lowest BCUT2D eigenvalue weighted by molar-refractivity contribution is -0.161. The third kappa shape index (κ3) is 7.18. The molecule has 2 atom stereocenters. The Balaban J connectivity index is 1.52. The van der Waals surface area contributed by atoms with E-state index in [0.717, 1.165) is 42.0 Å². The van der Waals surface area contributed by atoms with Crippen molar-refractivity contribution in [2.75, 3.05) is 12.3 Å². The SMILES string of the molecule is CC[C@H](O)Cn1c(-c2cc(=O)c(O)c[nH]2)nn(S(=O)(=O)NC(=O)N2C[C@H](NC(=O)/C(=N\OC(C)(C)C(=O)O)c3csc(N)n3)C2=O)c1=O. The number of aromatic nitrogens is 5. The summed E-state index contributed by atoms with van der Waals surface area (Å²) in [6, 6.07) is -2.07. The van der Waals surface area contributed by atoms with E-state index in [0.29, 0.717) is 4.90 Å². The maximum absolute atomic E-state index is 13.1.